The Labute approximate surface area is 247 Å². The molecular weight excluding hydrogens is 546 g/mol. The van der Waals surface area contributed by atoms with Crippen molar-refractivity contribution in [1.82, 2.24) is 0 Å². The number of nitro benzene ring substituents is 1. The van der Waals surface area contributed by atoms with Crippen molar-refractivity contribution in [3.8, 4) is 16.9 Å². The van der Waals surface area contributed by atoms with Gasteiger partial charge in [0, 0.05) is 23.5 Å². The Morgan fingerprint density at radius 2 is 1.21 bits per heavy atom. The van der Waals surface area contributed by atoms with E-state index in [9.17, 15) is 19.7 Å². The molecule has 43 heavy (non-hydrogen) atoms. The Hall–Kier alpha value is -5.96. The van der Waals surface area contributed by atoms with Gasteiger partial charge in [0.1, 0.15) is 17.4 Å². The van der Waals surface area contributed by atoms with Crippen LogP contribution in [0.25, 0.3) is 11.1 Å². The summed E-state index contributed by atoms with van der Waals surface area (Å²) in [4.78, 5) is 36.0. The summed E-state index contributed by atoms with van der Waals surface area (Å²) in [6, 6.07) is 36.9. The number of carbonyl (C=O) groups is 2. The smallest absolute Gasteiger partial charge is 0.341 e. The molecule has 0 spiro atoms. The highest BCUT2D eigenvalue weighted by Crippen LogP contribution is 2.32. The summed E-state index contributed by atoms with van der Waals surface area (Å²) in [6.45, 7) is 0. The molecule has 0 fully saturated rings. The molecule has 0 atom stereocenters. The molecule has 0 aromatic heterocycles. The van der Waals surface area contributed by atoms with Crippen LogP contribution >= 0.6 is 0 Å². The van der Waals surface area contributed by atoms with Gasteiger partial charge < -0.3 is 20.1 Å². The summed E-state index contributed by atoms with van der Waals surface area (Å²) in [5.41, 5.74) is 4.53. The fourth-order valence-electron chi connectivity index (χ4n) is 4.51. The number of non-ortho nitro benzene ring substituents is 1. The number of benzene rings is 5. The lowest BCUT2D eigenvalue weighted by Crippen LogP contribution is -2.20. The van der Waals surface area contributed by atoms with Gasteiger partial charge in [0.25, 0.3) is 5.69 Å². The number of nitrogens with zero attached hydrogens (tertiary/aromatic N) is 1. The molecule has 0 aliphatic carbocycles. The fraction of sp³-hybridized carbons (Fsp3) is 0.0588. The number of ether oxygens (including phenoxy) is 2. The van der Waals surface area contributed by atoms with Crippen LogP contribution in [-0.4, -0.2) is 24.0 Å². The number of nitrogens with one attached hydrogen (secondary N) is 2. The Morgan fingerprint density at radius 3 is 1.74 bits per heavy atom. The number of carbonyl (C=O) groups excluding carboxylic acids is 2. The highest BCUT2D eigenvalue weighted by atomic mass is 16.6. The summed E-state index contributed by atoms with van der Waals surface area (Å²) in [5, 5.41) is 16.4. The molecule has 5 rings (SSSR count). The average Bonchev–Trinajstić information content (AvgIpc) is 3.05. The van der Waals surface area contributed by atoms with Crippen LogP contribution in [0.5, 0.6) is 5.75 Å². The SMILES string of the molecule is COC(=O)c1cc(NC(=O)Nc2ccc(-c3ccc([N+](=O)[O-])cc3)cc2)ccc1OC(c1ccccc1)c1ccccc1. The van der Waals surface area contributed by atoms with E-state index >= 15 is 0 Å². The third kappa shape index (κ3) is 7.04. The van der Waals surface area contributed by atoms with Crippen molar-refractivity contribution in [2.45, 2.75) is 6.10 Å². The first-order chi connectivity index (χ1) is 20.9. The summed E-state index contributed by atoms with van der Waals surface area (Å²) in [5.74, 6) is -0.307. The molecule has 0 aliphatic rings. The number of esters is 1. The number of amides is 2. The molecule has 5 aromatic carbocycles. The number of methoxy groups -OCH3 is 1. The first-order valence-corrected chi connectivity index (χ1v) is 13.3. The van der Waals surface area contributed by atoms with Gasteiger partial charge in [-0.05, 0) is 64.7 Å². The zero-order valence-electron chi connectivity index (χ0n) is 23.1. The standard InChI is InChI=1S/C34H27N3O6/c1-42-33(38)30-22-28(18-21-31(30)43-32(25-8-4-2-5-9-25)26-10-6-3-7-11-26)36-34(39)35-27-16-12-23(13-17-27)24-14-19-29(20-15-24)37(40)41/h2-22,32H,1H3,(H2,35,36,39). The van der Waals surface area contributed by atoms with E-state index in [4.69, 9.17) is 9.47 Å². The number of hydrogen-bond donors (Lipinski definition) is 2. The lowest BCUT2D eigenvalue weighted by Gasteiger charge is -2.22. The van der Waals surface area contributed by atoms with E-state index in [1.807, 2.05) is 60.7 Å². The Kier molecular flexibility index (Phi) is 8.73. The molecule has 0 heterocycles. The molecule has 9 nitrogen and oxygen atoms in total. The lowest BCUT2D eigenvalue weighted by atomic mass is 10.0. The summed E-state index contributed by atoms with van der Waals surface area (Å²) in [6.07, 6.45) is -0.484. The normalized spacial score (nSPS) is 10.6. The third-order valence-electron chi connectivity index (χ3n) is 6.65. The Balaban J connectivity index is 1.31. The van der Waals surface area contributed by atoms with Crippen molar-refractivity contribution in [1.29, 1.82) is 0 Å². The molecule has 2 N–H and O–H groups in total. The van der Waals surface area contributed by atoms with Gasteiger partial charge in [-0.1, -0.05) is 72.8 Å². The van der Waals surface area contributed by atoms with E-state index in [0.717, 1.165) is 22.3 Å². The van der Waals surface area contributed by atoms with E-state index in [1.54, 1.807) is 48.5 Å². The van der Waals surface area contributed by atoms with Crippen molar-refractivity contribution in [2.24, 2.45) is 0 Å². The van der Waals surface area contributed by atoms with E-state index in [2.05, 4.69) is 10.6 Å². The predicted molar refractivity (Wildman–Crippen MR) is 164 cm³/mol. The van der Waals surface area contributed by atoms with Crippen LogP contribution in [0.4, 0.5) is 21.9 Å². The molecule has 0 saturated heterocycles. The van der Waals surface area contributed by atoms with E-state index in [-0.39, 0.29) is 11.3 Å². The second-order valence-electron chi connectivity index (χ2n) is 9.48. The van der Waals surface area contributed by atoms with Crippen LogP contribution in [-0.2, 0) is 4.74 Å². The average molecular weight is 574 g/mol. The van der Waals surface area contributed by atoms with Crippen molar-refractivity contribution in [3.05, 3.63) is 154 Å². The Bertz CT molecular complexity index is 1690. The molecule has 0 saturated carbocycles. The monoisotopic (exact) mass is 573 g/mol. The van der Waals surface area contributed by atoms with Crippen LogP contribution in [0.3, 0.4) is 0 Å². The molecule has 0 bridgehead atoms. The first-order valence-electron chi connectivity index (χ1n) is 13.3. The third-order valence-corrected chi connectivity index (χ3v) is 6.65. The zero-order chi connectivity index (χ0) is 30.2. The van der Waals surface area contributed by atoms with Gasteiger partial charge >= 0.3 is 12.0 Å². The summed E-state index contributed by atoms with van der Waals surface area (Å²) in [7, 11) is 1.28. The number of anilines is 2. The zero-order valence-corrected chi connectivity index (χ0v) is 23.1. The largest absolute Gasteiger partial charge is 0.480 e. The second-order valence-corrected chi connectivity index (χ2v) is 9.48. The predicted octanol–water partition coefficient (Wildman–Crippen LogP) is 7.86. The lowest BCUT2D eigenvalue weighted by molar-refractivity contribution is -0.384. The van der Waals surface area contributed by atoms with Crippen molar-refractivity contribution in [3.63, 3.8) is 0 Å². The first kappa shape index (κ1) is 28.6. The highest BCUT2D eigenvalue weighted by Gasteiger charge is 2.21. The minimum absolute atomic E-state index is 0.0147. The minimum atomic E-state index is -0.610. The molecule has 9 heteroatoms. The quantitative estimate of drug-likeness (QED) is 0.105. The van der Waals surface area contributed by atoms with Gasteiger partial charge in [-0.15, -0.1) is 0 Å². The minimum Gasteiger partial charge on any atom is -0.480 e. The highest BCUT2D eigenvalue weighted by molar-refractivity contribution is 6.01. The topological polar surface area (TPSA) is 120 Å². The van der Waals surface area contributed by atoms with Gasteiger partial charge in [0.15, 0.2) is 0 Å². The molecule has 0 unspecified atom stereocenters. The van der Waals surface area contributed by atoms with Gasteiger partial charge in [-0.2, -0.15) is 0 Å². The van der Waals surface area contributed by atoms with Crippen LogP contribution in [0.2, 0.25) is 0 Å². The van der Waals surface area contributed by atoms with E-state index < -0.39 is 23.0 Å². The van der Waals surface area contributed by atoms with Crippen LogP contribution < -0.4 is 15.4 Å². The fourth-order valence-corrected chi connectivity index (χ4v) is 4.51. The van der Waals surface area contributed by atoms with E-state index in [0.29, 0.717) is 17.1 Å². The maximum atomic E-state index is 12.8. The molecule has 0 radical (unpaired) electrons. The molecular formula is C34H27N3O6. The second kappa shape index (κ2) is 13.1. The van der Waals surface area contributed by atoms with Gasteiger partial charge in [-0.3, -0.25) is 10.1 Å². The number of hydrogen-bond acceptors (Lipinski definition) is 6. The maximum Gasteiger partial charge on any atom is 0.341 e. The number of rotatable bonds is 9. The van der Waals surface area contributed by atoms with Crippen molar-refractivity contribution < 1.29 is 24.0 Å². The van der Waals surface area contributed by atoms with Crippen molar-refractivity contribution in [2.75, 3.05) is 17.7 Å². The molecule has 5 aromatic rings. The molecule has 214 valence electrons. The van der Waals surface area contributed by atoms with Gasteiger partial charge in [0.2, 0.25) is 0 Å². The van der Waals surface area contributed by atoms with Crippen LogP contribution in [0, 0.1) is 10.1 Å². The van der Waals surface area contributed by atoms with E-state index in [1.165, 1.54) is 25.3 Å². The van der Waals surface area contributed by atoms with Crippen LogP contribution in [0.1, 0.15) is 27.6 Å². The molecule has 2 amide bonds. The summed E-state index contributed by atoms with van der Waals surface area (Å²) >= 11 is 0. The Morgan fingerprint density at radius 1 is 0.698 bits per heavy atom. The number of nitro groups is 1. The van der Waals surface area contributed by atoms with Gasteiger partial charge in [0.05, 0.1) is 12.0 Å². The number of urea groups is 1. The summed E-state index contributed by atoms with van der Waals surface area (Å²) < 4.78 is 11.4. The molecule has 0 aliphatic heterocycles. The van der Waals surface area contributed by atoms with Crippen molar-refractivity contribution >= 4 is 29.1 Å². The van der Waals surface area contributed by atoms with Crippen LogP contribution in [0.15, 0.2) is 127 Å². The maximum absolute atomic E-state index is 12.8. The van der Waals surface area contributed by atoms with Gasteiger partial charge in [-0.25, -0.2) is 9.59 Å².